The van der Waals surface area contributed by atoms with Gasteiger partial charge >= 0.3 is 0 Å². The van der Waals surface area contributed by atoms with Crippen molar-refractivity contribution in [3.8, 4) is 6.07 Å². The Morgan fingerprint density at radius 2 is 1.54 bits per heavy atom. The van der Waals surface area contributed by atoms with E-state index in [1.165, 1.54) is 12.1 Å². The molecule has 3 rings (SSSR count). The SMILES string of the molecule is CC(=O)N1CCN(/C=C(/C#N)C(=O)N2CCN(c3ccc(F)cc3)CC2)CC1. The molecule has 2 aliphatic rings. The molecule has 0 spiro atoms. The van der Waals surface area contributed by atoms with Crippen LogP contribution in [-0.4, -0.2) is 78.9 Å². The molecule has 148 valence electrons. The van der Waals surface area contributed by atoms with Crippen LogP contribution >= 0.6 is 0 Å². The third kappa shape index (κ3) is 4.60. The van der Waals surface area contributed by atoms with E-state index < -0.39 is 0 Å². The average molecular weight is 385 g/mol. The van der Waals surface area contributed by atoms with Crippen LogP contribution < -0.4 is 4.90 Å². The summed E-state index contributed by atoms with van der Waals surface area (Å²) in [4.78, 5) is 31.6. The van der Waals surface area contributed by atoms with Gasteiger partial charge < -0.3 is 19.6 Å². The van der Waals surface area contributed by atoms with E-state index in [9.17, 15) is 19.2 Å². The summed E-state index contributed by atoms with van der Waals surface area (Å²) in [5.74, 6) is -0.500. The minimum atomic E-state index is -0.273. The van der Waals surface area contributed by atoms with Gasteiger partial charge in [0.15, 0.2) is 0 Å². The van der Waals surface area contributed by atoms with Gasteiger partial charge in [-0.25, -0.2) is 4.39 Å². The van der Waals surface area contributed by atoms with Crippen molar-refractivity contribution < 1.29 is 14.0 Å². The van der Waals surface area contributed by atoms with E-state index in [0.29, 0.717) is 52.4 Å². The second kappa shape index (κ2) is 8.74. The number of anilines is 1. The lowest BCUT2D eigenvalue weighted by atomic mass is 10.2. The predicted molar refractivity (Wildman–Crippen MR) is 103 cm³/mol. The number of rotatable bonds is 3. The summed E-state index contributed by atoms with van der Waals surface area (Å²) in [6.45, 7) is 6.22. The van der Waals surface area contributed by atoms with E-state index in [-0.39, 0.29) is 23.2 Å². The van der Waals surface area contributed by atoms with Crippen LogP contribution in [0.2, 0.25) is 0 Å². The Hall–Kier alpha value is -3.08. The number of carbonyl (C=O) groups excluding carboxylic acids is 2. The van der Waals surface area contributed by atoms with Gasteiger partial charge in [0, 0.05) is 71.2 Å². The number of piperazine rings is 2. The molecule has 2 saturated heterocycles. The third-order valence-corrected chi connectivity index (χ3v) is 5.18. The van der Waals surface area contributed by atoms with Crippen LogP contribution in [-0.2, 0) is 9.59 Å². The number of carbonyl (C=O) groups is 2. The van der Waals surface area contributed by atoms with E-state index in [0.717, 1.165) is 5.69 Å². The van der Waals surface area contributed by atoms with E-state index >= 15 is 0 Å². The topological polar surface area (TPSA) is 70.9 Å². The number of hydrogen-bond donors (Lipinski definition) is 0. The number of nitriles is 1. The fourth-order valence-corrected chi connectivity index (χ4v) is 3.47. The molecule has 8 heteroatoms. The number of halogens is 1. The van der Waals surface area contributed by atoms with Crippen molar-refractivity contribution in [2.24, 2.45) is 0 Å². The monoisotopic (exact) mass is 385 g/mol. The highest BCUT2D eigenvalue weighted by molar-refractivity contribution is 5.97. The van der Waals surface area contributed by atoms with Gasteiger partial charge in [-0.05, 0) is 24.3 Å². The molecule has 2 amide bonds. The molecule has 7 nitrogen and oxygen atoms in total. The van der Waals surface area contributed by atoms with Gasteiger partial charge in [0.2, 0.25) is 5.91 Å². The second-order valence-electron chi connectivity index (χ2n) is 6.95. The summed E-state index contributed by atoms with van der Waals surface area (Å²) >= 11 is 0. The second-order valence-corrected chi connectivity index (χ2v) is 6.95. The highest BCUT2D eigenvalue weighted by Gasteiger charge is 2.25. The summed E-state index contributed by atoms with van der Waals surface area (Å²) in [6, 6.07) is 8.33. The fraction of sp³-hybridized carbons (Fsp3) is 0.450. The zero-order valence-corrected chi connectivity index (χ0v) is 16.0. The summed E-state index contributed by atoms with van der Waals surface area (Å²) in [7, 11) is 0. The normalized spacial score (nSPS) is 18.1. The highest BCUT2D eigenvalue weighted by atomic mass is 19.1. The Balaban J connectivity index is 1.56. The molecule has 0 N–H and O–H groups in total. The molecule has 28 heavy (non-hydrogen) atoms. The fourth-order valence-electron chi connectivity index (χ4n) is 3.47. The van der Waals surface area contributed by atoms with Crippen molar-refractivity contribution in [1.82, 2.24) is 14.7 Å². The first-order valence-corrected chi connectivity index (χ1v) is 9.39. The minimum absolute atomic E-state index is 0.0410. The standard InChI is InChI=1S/C20H24FN5O2/c1-16(27)24-8-6-23(7-9-24)15-17(14-22)20(28)26-12-10-25(11-13-26)19-4-2-18(21)3-5-19/h2-5,15H,6-13H2,1H3/b17-15-. The molecule has 1 aromatic carbocycles. The zero-order valence-electron chi connectivity index (χ0n) is 16.0. The van der Waals surface area contributed by atoms with Crippen molar-refractivity contribution in [1.29, 1.82) is 5.26 Å². The van der Waals surface area contributed by atoms with E-state index in [4.69, 9.17) is 0 Å². The van der Waals surface area contributed by atoms with Gasteiger partial charge in [0.1, 0.15) is 17.5 Å². The van der Waals surface area contributed by atoms with Crippen molar-refractivity contribution in [2.75, 3.05) is 57.3 Å². The maximum absolute atomic E-state index is 13.1. The van der Waals surface area contributed by atoms with E-state index in [1.807, 2.05) is 11.0 Å². The summed E-state index contributed by atoms with van der Waals surface area (Å²) < 4.78 is 13.1. The van der Waals surface area contributed by atoms with Gasteiger partial charge in [-0.1, -0.05) is 0 Å². The van der Waals surface area contributed by atoms with Crippen LogP contribution in [0.25, 0.3) is 0 Å². The molecule has 2 heterocycles. The molecule has 0 aromatic heterocycles. The average Bonchev–Trinajstić information content (AvgIpc) is 2.72. The van der Waals surface area contributed by atoms with Gasteiger partial charge in [-0.3, -0.25) is 9.59 Å². The predicted octanol–water partition coefficient (Wildman–Crippen LogP) is 1.05. The van der Waals surface area contributed by atoms with Crippen molar-refractivity contribution in [3.63, 3.8) is 0 Å². The molecule has 0 bridgehead atoms. The minimum Gasteiger partial charge on any atom is -0.373 e. The Kier molecular flexibility index (Phi) is 6.14. The van der Waals surface area contributed by atoms with Crippen molar-refractivity contribution in [2.45, 2.75) is 6.92 Å². The Morgan fingerprint density at radius 3 is 2.07 bits per heavy atom. The van der Waals surface area contributed by atoms with Crippen LogP contribution in [0.3, 0.4) is 0 Å². The summed E-state index contributed by atoms with van der Waals surface area (Å²) in [5, 5.41) is 9.45. The zero-order chi connectivity index (χ0) is 20.1. The van der Waals surface area contributed by atoms with Crippen LogP contribution in [0, 0.1) is 17.1 Å². The summed E-state index contributed by atoms with van der Waals surface area (Å²) in [5.41, 5.74) is 1.04. The van der Waals surface area contributed by atoms with Crippen molar-refractivity contribution >= 4 is 17.5 Å². The third-order valence-electron chi connectivity index (χ3n) is 5.18. The molecule has 2 fully saturated rings. The molecule has 0 saturated carbocycles. The first-order chi connectivity index (χ1) is 13.5. The number of hydrogen-bond acceptors (Lipinski definition) is 5. The molecule has 0 aliphatic carbocycles. The first-order valence-electron chi connectivity index (χ1n) is 9.39. The molecule has 2 aliphatic heterocycles. The maximum Gasteiger partial charge on any atom is 0.266 e. The molecule has 0 unspecified atom stereocenters. The molecular weight excluding hydrogens is 361 g/mol. The quantitative estimate of drug-likeness (QED) is 0.575. The largest absolute Gasteiger partial charge is 0.373 e. The number of amides is 2. The summed E-state index contributed by atoms with van der Waals surface area (Å²) in [6.07, 6.45) is 1.62. The number of benzene rings is 1. The first kappa shape index (κ1) is 19.7. The highest BCUT2D eigenvalue weighted by Crippen LogP contribution is 2.18. The molecule has 0 atom stereocenters. The molecule has 1 aromatic rings. The molecular formula is C20H24FN5O2. The maximum atomic E-state index is 13.1. The molecule has 0 radical (unpaired) electrons. The smallest absolute Gasteiger partial charge is 0.266 e. The lowest BCUT2D eigenvalue weighted by Crippen LogP contribution is -2.49. The van der Waals surface area contributed by atoms with Crippen LogP contribution in [0.15, 0.2) is 36.0 Å². The van der Waals surface area contributed by atoms with Gasteiger partial charge in [0.25, 0.3) is 5.91 Å². The van der Waals surface area contributed by atoms with Gasteiger partial charge in [-0.15, -0.1) is 0 Å². The van der Waals surface area contributed by atoms with E-state index in [2.05, 4.69) is 4.90 Å². The Bertz CT molecular complexity index is 786. The van der Waals surface area contributed by atoms with E-state index in [1.54, 1.807) is 35.1 Å². The van der Waals surface area contributed by atoms with Gasteiger partial charge in [0.05, 0.1) is 0 Å². The lowest BCUT2D eigenvalue weighted by Gasteiger charge is -2.36. The number of nitrogens with zero attached hydrogens (tertiary/aromatic N) is 5. The van der Waals surface area contributed by atoms with Crippen LogP contribution in [0.4, 0.5) is 10.1 Å². The van der Waals surface area contributed by atoms with Crippen molar-refractivity contribution in [3.05, 3.63) is 41.9 Å². The van der Waals surface area contributed by atoms with Crippen LogP contribution in [0.1, 0.15) is 6.92 Å². The Morgan fingerprint density at radius 1 is 0.964 bits per heavy atom. The van der Waals surface area contributed by atoms with Crippen LogP contribution in [0.5, 0.6) is 0 Å². The van der Waals surface area contributed by atoms with Gasteiger partial charge in [-0.2, -0.15) is 5.26 Å². The Labute approximate surface area is 164 Å². The lowest BCUT2D eigenvalue weighted by molar-refractivity contribution is -0.130.